The monoisotopic (exact) mass is 497 g/mol. The highest BCUT2D eigenvalue weighted by atomic mass is 79.9. The van der Waals surface area contributed by atoms with E-state index in [1.165, 1.54) is 6.20 Å². The van der Waals surface area contributed by atoms with E-state index in [0.717, 1.165) is 40.6 Å². The summed E-state index contributed by atoms with van der Waals surface area (Å²) < 4.78 is 43.5. The highest BCUT2D eigenvalue weighted by Gasteiger charge is 2.47. The van der Waals surface area contributed by atoms with Crippen molar-refractivity contribution in [1.82, 2.24) is 19.6 Å². The number of nitrogens with one attached hydrogen (secondary N) is 1. The molecule has 1 N–H and O–H groups in total. The van der Waals surface area contributed by atoms with E-state index in [4.69, 9.17) is 0 Å². The number of nitrogens with zero attached hydrogens (tertiary/aromatic N) is 4. The Hall–Kier alpha value is -2.07. The van der Waals surface area contributed by atoms with E-state index in [9.17, 15) is 18.0 Å². The first-order chi connectivity index (χ1) is 14.8. The second kappa shape index (κ2) is 7.81. The summed E-state index contributed by atoms with van der Waals surface area (Å²) in [6.45, 7) is 3.06. The number of hydrogen-bond acceptors (Lipinski definition) is 4. The van der Waals surface area contributed by atoms with Crippen molar-refractivity contribution >= 4 is 27.7 Å². The number of carbonyl (C=O) groups excluding carboxylic acids is 1. The predicted octanol–water partition coefficient (Wildman–Crippen LogP) is 4.23. The molecule has 0 aliphatic carbocycles. The number of carbonyl (C=O) groups is 1. The van der Waals surface area contributed by atoms with E-state index in [1.807, 2.05) is 0 Å². The summed E-state index contributed by atoms with van der Waals surface area (Å²) in [6, 6.07) is 5.18. The topological polar surface area (TPSA) is 53.4 Å². The summed E-state index contributed by atoms with van der Waals surface area (Å²) in [5.74, 6) is -0.0991. The molecular weight excluding hydrogens is 475 g/mol. The quantitative estimate of drug-likeness (QED) is 0.674. The fraction of sp³-hybridized carbons (Fsp3) is 0.524. The Morgan fingerprint density at radius 2 is 1.94 bits per heavy atom. The molecule has 1 aromatic heterocycles. The van der Waals surface area contributed by atoms with Gasteiger partial charge in [0.25, 0.3) is 5.91 Å². The van der Waals surface area contributed by atoms with Gasteiger partial charge in [-0.15, -0.1) is 0 Å². The predicted molar refractivity (Wildman–Crippen MR) is 113 cm³/mol. The zero-order chi connectivity index (χ0) is 21.8. The van der Waals surface area contributed by atoms with Crippen molar-refractivity contribution in [2.45, 2.75) is 43.6 Å². The van der Waals surface area contributed by atoms with Crippen LogP contribution in [0, 0.1) is 0 Å². The summed E-state index contributed by atoms with van der Waals surface area (Å²) in [5.41, 5.74) is 0.949. The van der Waals surface area contributed by atoms with Gasteiger partial charge in [-0.2, -0.15) is 18.3 Å². The van der Waals surface area contributed by atoms with E-state index in [1.54, 1.807) is 29.2 Å². The van der Waals surface area contributed by atoms with Gasteiger partial charge >= 0.3 is 6.18 Å². The third-order valence-corrected chi connectivity index (χ3v) is 7.14. The maximum absolute atomic E-state index is 13.9. The van der Waals surface area contributed by atoms with Gasteiger partial charge < -0.3 is 10.2 Å². The molecule has 0 saturated carbocycles. The third kappa shape index (κ3) is 3.84. The van der Waals surface area contributed by atoms with Crippen LogP contribution in [0.4, 0.5) is 19.0 Å². The van der Waals surface area contributed by atoms with Crippen LogP contribution in [0.1, 0.15) is 47.3 Å². The molecule has 2 aromatic rings. The molecule has 3 aliphatic rings. The van der Waals surface area contributed by atoms with Gasteiger partial charge in [0.05, 0.1) is 12.2 Å². The molecule has 2 saturated heterocycles. The van der Waals surface area contributed by atoms with Crippen LogP contribution in [0.2, 0.25) is 0 Å². The average Bonchev–Trinajstić information content (AvgIpc) is 3.38. The van der Waals surface area contributed by atoms with Crippen molar-refractivity contribution < 1.29 is 18.0 Å². The van der Waals surface area contributed by atoms with Gasteiger partial charge in [-0.05, 0) is 37.1 Å². The molecule has 31 heavy (non-hydrogen) atoms. The molecular formula is C21H23BrF3N5O. The summed E-state index contributed by atoms with van der Waals surface area (Å²) in [7, 11) is 0. The third-order valence-electron chi connectivity index (χ3n) is 6.62. The largest absolute Gasteiger partial charge is 0.410 e. The molecule has 2 fully saturated rings. The lowest BCUT2D eigenvalue weighted by atomic mass is 9.96. The molecule has 1 amide bonds. The maximum Gasteiger partial charge on any atom is 0.410 e. The van der Waals surface area contributed by atoms with E-state index >= 15 is 0 Å². The number of fused-ring (bicyclic) bond motifs is 2. The lowest BCUT2D eigenvalue weighted by molar-refractivity contribution is -0.173. The molecule has 1 aromatic carbocycles. The first-order valence-electron chi connectivity index (χ1n) is 10.5. The number of amides is 1. The van der Waals surface area contributed by atoms with E-state index in [-0.39, 0.29) is 23.7 Å². The van der Waals surface area contributed by atoms with Crippen molar-refractivity contribution in [1.29, 1.82) is 0 Å². The van der Waals surface area contributed by atoms with Crippen molar-refractivity contribution in [3.63, 3.8) is 0 Å². The Labute approximate surface area is 186 Å². The lowest BCUT2D eigenvalue weighted by Crippen LogP contribution is -2.52. The molecule has 3 atom stereocenters. The molecule has 0 unspecified atom stereocenters. The zero-order valence-electron chi connectivity index (χ0n) is 16.8. The highest BCUT2D eigenvalue weighted by Crippen LogP contribution is 2.44. The standard InChI is InChI=1S/C21H23BrF3N5O/c22-14-5-3-13(4-6-14)17-10-18(21(23,24)25)30-19(27-17)16(11-26-30)20(31)29-9-8-28-7-1-2-15(28)12-29/h3-6,11,15,17-18,27H,1-2,7-10,12H2/t15-,17+,18-/m1/s1. The molecule has 166 valence electrons. The number of alkyl halides is 3. The number of hydrogen-bond donors (Lipinski definition) is 1. The van der Waals surface area contributed by atoms with Gasteiger partial charge in [-0.3, -0.25) is 9.69 Å². The highest BCUT2D eigenvalue weighted by molar-refractivity contribution is 9.10. The number of halogens is 4. The van der Waals surface area contributed by atoms with E-state index < -0.39 is 18.3 Å². The minimum Gasteiger partial charge on any atom is -0.363 e. The van der Waals surface area contributed by atoms with Gasteiger partial charge in [-0.25, -0.2) is 4.68 Å². The Balaban J connectivity index is 1.46. The van der Waals surface area contributed by atoms with Gasteiger partial charge in [0.15, 0.2) is 6.04 Å². The van der Waals surface area contributed by atoms with Crippen molar-refractivity contribution in [3.05, 3.63) is 46.1 Å². The number of aromatic nitrogens is 2. The summed E-state index contributed by atoms with van der Waals surface area (Å²) >= 11 is 3.36. The van der Waals surface area contributed by atoms with Crippen LogP contribution in [0.3, 0.4) is 0 Å². The molecule has 4 heterocycles. The lowest BCUT2D eigenvalue weighted by Gasteiger charge is -2.38. The van der Waals surface area contributed by atoms with Crippen LogP contribution in [0.25, 0.3) is 0 Å². The Morgan fingerprint density at radius 3 is 2.68 bits per heavy atom. The molecule has 0 spiro atoms. The van der Waals surface area contributed by atoms with Crippen LogP contribution < -0.4 is 5.32 Å². The molecule has 10 heteroatoms. The van der Waals surface area contributed by atoms with Gasteiger partial charge in [0, 0.05) is 36.6 Å². The molecule has 3 aliphatic heterocycles. The van der Waals surface area contributed by atoms with Crippen molar-refractivity contribution in [2.24, 2.45) is 0 Å². The maximum atomic E-state index is 13.9. The van der Waals surface area contributed by atoms with Crippen LogP contribution in [0.5, 0.6) is 0 Å². The zero-order valence-corrected chi connectivity index (χ0v) is 18.4. The summed E-state index contributed by atoms with van der Waals surface area (Å²) in [6.07, 6.45) is -1.19. The van der Waals surface area contributed by atoms with Gasteiger partial charge in [0.1, 0.15) is 11.4 Å². The van der Waals surface area contributed by atoms with E-state index in [0.29, 0.717) is 19.1 Å². The Morgan fingerprint density at radius 1 is 1.16 bits per heavy atom. The van der Waals surface area contributed by atoms with Gasteiger partial charge in [0.2, 0.25) is 0 Å². The van der Waals surface area contributed by atoms with Crippen LogP contribution in [0.15, 0.2) is 34.9 Å². The minimum atomic E-state index is -4.47. The summed E-state index contributed by atoms with van der Waals surface area (Å²) in [4.78, 5) is 17.4. The SMILES string of the molecule is O=C(c1cnn2c1N[C@H](c1ccc(Br)cc1)C[C@@H]2C(F)(F)F)N1CCN2CCC[C@@H]2C1. The van der Waals surface area contributed by atoms with Crippen LogP contribution in [-0.4, -0.2) is 63.9 Å². The molecule has 0 bridgehead atoms. The Kier molecular flexibility index (Phi) is 5.24. The molecule has 0 radical (unpaired) electrons. The van der Waals surface area contributed by atoms with Crippen molar-refractivity contribution in [2.75, 3.05) is 31.5 Å². The fourth-order valence-corrected chi connectivity index (χ4v) is 5.24. The Bertz CT molecular complexity index is 976. The smallest absolute Gasteiger partial charge is 0.363 e. The molecule has 5 rings (SSSR count). The number of anilines is 1. The van der Waals surface area contributed by atoms with E-state index in [2.05, 4.69) is 31.2 Å². The number of benzene rings is 1. The summed E-state index contributed by atoms with van der Waals surface area (Å²) in [5, 5.41) is 7.17. The van der Waals surface area contributed by atoms with Crippen molar-refractivity contribution in [3.8, 4) is 0 Å². The first-order valence-corrected chi connectivity index (χ1v) is 11.3. The second-order valence-corrected chi connectivity index (χ2v) is 9.39. The average molecular weight is 498 g/mol. The first kappa shape index (κ1) is 20.8. The minimum absolute atomic E-state index is 0.153. The normalized spacial score (nSPS) is 26.3. The fourth-order valence-electron chi connectivity index (χ4n) is 4.98. The molecule has 6 nitrogen and oxygen atoms in total. The second-order valence-electron chi connectivity index (χ2n) is 8.48. The van der Waals surface area contributed by atoms with Crippen LogP contribution >= 0.6 is 15.9 Å². The van der Waals surface area contributed by atoms with Gasteiger partial charge in [-0.1, -0.05) is 28.1 Å². The number of piperazine rings is 1. The number of rotatable bonds is 2. The van der Waals surface area contributed by atoms with Crippen LogP contribution in [-0.2, 0) is 0 Å².